The highest BCUT2D eigenvalue weighted by Crippen LogP contribution is 2.34. The zero-order valence-electron chi connectivity index (χ0n) is 13.4. The van der Waals surface area contributed by atoms with Crippen LogP contribution in [0.3, 0.4) is 0 Å². The molecule has 1 heterocycles. The van der Waals surface area contributed by atoms with Gasteiger partial charge in [-0.3, -0.25) is 9.78 Å². The van der Waals surface area contributed by atoms with Crippen LogP contribution in [0.5, 0.6) is 5.75 Å². The van der Waals surface area contributed by atoms with Gasteiger partial charge in [0, 0.05) is 16.0 Å². The summed E-state index contributed by atoms with van der Waals surface area (Å²) in [7, 11) is 1.64. The van der Waals surface area contributed by atoms with Crippen LogP contribution in [0.1, 0.15) is 26.0 Å². The number of nitrogens with zero attached hydrogens (tertiary/aromatic N) is 1. The van der Waals surface area contributed by atoms with Crippen LogP contribution in [-0.4, -0.2) is 29.9 Å². The van der Waals surface area contributed by atoms with Gasteiger partial charge in [-0.1, -0.05) is 6.92 Å². The van der Waals surface area contributed by atoms with Crippen LogP contribution >= 0.6 is 11.8 Å². The first kappa shape index (κ1) is 16.6. The number of benzene rings is 1. The molecule has 0 radical (unpaired) electrons. The van der Waals surface area contributed by atoms with Crippen LogP contribution in [0, 0.1) is 6.92 Å². The van der Waals surface area contributed by atoms with Crippen LogP contribution in [0.4, 0.5) is 0 Å². The minimum absolute atomic E-state index is 0.166. The van der Waals surface area contributed by atoms with E-state index in [2.05, 4.69) is 4.98 Å². The molecule has 2 rings (SSSR count). The lowest BCUT2D eigenvalue weighted by Crippen LogP contribution is -2.19. The van der Waals surface area contributed by atoms with E-state index < -0.39 is 0 Å². The van der Waals surface area contributed by atoms with Crippen molar-refractivity contribution in [2.75, 3.05) is 13.7 Å². The van der Waals surface area contributed by atoms with E-state index in [1.165, 1.54) is 11.8 Å². The van der Waals surface area contributed by atoms with Gasteiger partial charge in [0.15, 0.2) is 0 Å². The maximum absolute atomic E-state index is 12.0. The van der Waals surface area contributed by atoms with E-state index in [4.69, 9.17) is 9.47 Å². The lowest BCUT2D eigenvalue weighted by atomic mass is 10.2. The number of aryl methyl sites for hydroxylation is 1. The summed E-state index contributed by atoms with van der Waals surface area (Å²) >= 11 is 1.53. The number of pyridine rings is 1. The molecule has 0 aliphatic rings. The molecule has 0 saturated heterocycles. The number of carbonyl (C=O) groups is 1. The molecular weight excluding hydrogens is 298 g/mol. The maximum atomic E-state index is 12.0. The molecule has 0 N–H and O–H groups in total. The quantitative estimate of drug-likeness (QED) is 0.595. The third-order valence-corrected chi connectivity index (χ3v) is 4.70. The van der Waals surface area contributed by atoms with Crippen molar-refractivity contribution < 1.29 is 14.3 Å². The van der Waals surface area contributed by atoms with Gasteiger partial charge in [-0.25, -0.2) is 0 Å². The van der Waals surface area contributed by atoms with Gasteiger partial charge in [-0.15, -0.1) is 11.8 Å². The zero-order chi connectivity index (χ0) is 16.1. The maximum Gasteiger partial charge on any atom is 0.319 e. The Labute approximate surface area is 135 Å². The van der Waals surface area contributed by atoms with Crippen LogP contribution in [0.25, 0.3) is 10.9 Å². The molecule has 4 nitrogen and oxygen atoms in total. The van der Waals surface area contributed by atoms with E-state index in [9.17, 15) is 4.79 Å². The van der Waals surface area contributed by atoms with Crippen molar-refractivity contribution in [2.24, 2.45) is 0 Å². The number of hydrogen-bond acceptors (Lipinski definition) is 5. The fourth-order valence-electron chi connectivity index (χ4n) is 2.21. The van der Waals surface area contributed by atoms with E-state index in [0.29, 0.717) is 6.61 Å². The van der Waals surface area contributed by atoms with Gasteiger partial charge in [0.25, 0.3) is 0 Å². The summed E-state index contributed by atoms with van der Waals surface area (Å²) in [6.07, 6.45) is 0.719. The first-order chi connectivity index (χ1) is 10.6. The second-order valence-corrected chi connectivity index (χ2v) is 6.16. The molecule has 0 saturated carbocycles. The molecule has 5 heteroatoms. The molecule has 118 valence electrons. The second-order valence-electron chi connectivity index (χ2n) is 4.91. The number of thioether (sulfide) groups is 1. The lowest BCUT2D eigenvalue weighted by Gasteiger charge is -2.15. The monoisotopic (exact) mass is 319 g/mol. The largest absolute Gasteiger partial charge is 0.497 e. The number of hydrogen-bond donors (Lipinski definition) is 0. The SMILES string of the molecule is CCOC(=O)[C@H](CC)Sc1cc(C)nc2ccc(OC)cc12. The molecular formula is C17H21NO3S. The molecule has 0 aliphatic carbocycles. The molecule has 0 amide bonds. The van der Waals surface area contributed by atoms with E-state index >= 15 is 0 Å². The van der Waals surface area contributed by atoms with Gasteiger partial charge in [0.1, 0.15) is 11.0 Å². The Bertz CT molecular complexity index is 672. The van der Waals surface area contributed by atoms with Gasteiger partial charge in [0.2, 0.25) is 0 Å². The summed E-state index contributed by atoms with van der Waals surface area (Å²) in [6.45, 7) is 6.18. The Hall–Kier alpha value is -1.75. The highest BCUT2D eigenvalue weighted by Gasteiger charge is 2.20. The fraction of sp³-hybridized carbons (Fsp3) is 0.412. The highest BCUT2D eigenvalue weighted by atomic mass is 32.2. The summed E-state index contributed by atoms with van der Waals surface area (Å²) in [5, 5.41) is 0.786. The number of methoxy groups -OCH3 is 1. The Kier molecular flexibility index (Phi) is 5.66. The summed E-state index contributed by atoms with van der Waals surface area (Å²) in [5.41, 5.74) is 1.83. The molecule has 1 atom stereocenters. The molecule has 0 bridgehead atoms. The van der Waals surface area contributed by atoms with Crippen LogP contribution in [-0.2, 0) is 9.53 Å². The van der Waals surface area contributed by atoms with Gasteiger partial charge in [0.05, 0.1) is 19.2 Å². The van der Waals surface area contributed by atoms with Gasteiger partial charge in [-0.2, -0.15) is 0 Å². The van der Waals surface area contributed by atoms with E-state index in [1.54, 1.807) is 7.11 Å². The van der Waals surface area contributed by atoms with Crippen molar-refractivity contribution >= 4 is 28.6 Å². The lowest BCUT2D eigenvalue weighted by molar-refractivity contribution is -0.142. The van der Waals surface area contributed by atoms with Gasteiger partial charge < -0.3 is 9.47 Å². The molecule has 0 aliphatic heterocycles. The van der Waals surface area contributed by atoms with Crippen LogP contribution < -0.4 is 4.74 Å². The van der Waals surface area contributed by atoms with Gasteiger partial charge >= 0.3 is 5.97 Å². The van der Waals surface area contributed by atoms with E-state index in [1.807, 2.05) is 45.0 Å². The minimum Gasteiger partial charge on any atom is -0.497 e. The van der Waals surface area contributed by atoms with Crippen molar-refractivity contribution in [1.82, 2.24) is 4.98 Å². The first-order valence-corrected chi connectivity index (χ1v) is 8.25. The summed E-state index contributed by atoms with van der Waals surface area (Å²) in [5.74, 6) is 0.615. The Balaban J connectivity index is 2.42. The van der Waals surface area contributed by atoms with Crippen LogP contribution in [0.2, 0.25) is 0 Å². The van der Waals surface area contributed by atoms with Crippen molar-refractivity contribution in [2.45, 2.75) is 37.3 Å². The molecule has 1 aromatic carbocycles. The Morgan fingerprint density at radius 1 is 1.32 bits per heavy atom. The number of carbonyl (C=O) groups excluding carboxylic acids is 1. The van der Waals surface area contributed by atoms with Crippen molar-refractivity contribution in [1.29, 1.82) is 0 Å². The molecule has 0 spiro atoms. The second kappa shape index (κ2) is 7.49. The average molecular weight is 319 g/mol. The first-order valence-electron chi connectivity index (χ1n) is 7.37. The molecule has 1 aromatic heterocycles. The third-order valence-electron chi connectivity index (χ3n) is 3.30. The number of fused-ring (bicyclic) bond motifs is 1. The normalized spacial score (nSPS) is 12.2. The third kappa shape index (κ3) is 3.71. The Morgan fingerprint density at radius 2 is 2.09 bits per heavy atom. The predicted molar refractivity (Wildman–Crippen MR) is 89.6 cm³/mol. The molecule has 22 heavy (non-hydrogen) atoms. The Morgan fingerprint density at radius 3 is 2.73 bits per heavy atom. The topological polar surface area (TPSA) is 48.4 Å². The molecule has 2 aromatic rings. The summed E-state index contributed by atoms with van der Waals surface area (Å²) in [4.78, 5) is 17.6. The predicted octanol–water partition coefficient (Wildman–Crippen LogP) is 3.99. The van der Waals surface area contributed by atoms with E-state index in [-0.39, 0.29) is 11.2 Å². The summed E-state index contributed by atoms with van der Waals surface area (Å²) < 4.78 is 10.5. The number of aromatic nitrogens is 1. The van der Waals surface area contributed by atoms with Gasteiger partial charge in [-0.05, 0) is 44.5 Å². The minimum atomic E-state index is -0.212. The van der Waals surface area contributed by atoms with E-state index in [0.717, 1.165) is 33.7 Å². The van der Waals surface area contributed by atoms with Crippen molar-refractivity contribution in [3.63, 3.8) is 0 Å². The number of rotatable bonds is 6. The molecule has 0 fully saturated rings. The number of ether oxygens (including phenoxy) is 2. The summed E-state index contributed by atoms with van der Waals surface area (Å²) in [6, 6.07) is 7.80. The standard InChI is InChI=1S/C17H21NO3S/c1-5-15(17(19)21-6-2)22-16-9-11(3)18-14-8-7-12(20-4)10-13(14)16/h7-10,15H,5-6H2,1-4H3/t15-/m0/s1. The van der Waals surface area contributed by atoms with Crippen molar-refractivity contribution in [3.05, 3.63) is 30.0 Å². The fourth-order valence-corrected chi connectivity index (χ4v) is 3.38. The number of esters is 1. The zero-order valence-corrected chi connectivity index (χ0v) is 14.2. The molecule has 0 unspecified atom stereocenters. The van der Waals surface area contributed by atoms with Crippen LogP contribution in [0.15, 0.2) is 29.2 Å². The van der Waals surface area contributed by atoms with Crippen molar-refractivity contribution in [3.8, 4) is 5.75 Å². The smallest absolute Gasteiger partial charge is 0.319 e. The highest BCUT2D eigenvalue weighted by molar-refractivity contribution is 8.00. The average Bonchev–Trinajstić information content (AvgIpc) is 2.52.